The van der Waals surface area contributed by atoms with Crippen molar-refractivity contribution in [1.29, 1.82) is 0 Å². The van der Waals surface area contributed by atoms with Gasteiger partial charge in [-0.15, -0.1) is 0 Å². The summed E-state index contributed by atoms with van der Waals surface area (Å²) in [6, 6.07) is 0.375. The summed E-state index contributed by atoms with van der Waals surface area (Å²) in [5.74, 6) is -7.46. The summed E-state index contributed by atoms with van der Waals surface area (Å²) in [7, 11) is 0. The summed E-state index contributed by atoms with van der Waals surface area (Å²) < 4.78 is 36.1. The maximum absolute atomic E-state index is 13.3. The van der Waals surface area contributed by atoms with Gasteiger partial charge in [0.25, 0.3) is 5.91 Å². The number of esters is 2. The minimum absolute atomic E-state index is 0.0323. The Morgan fingerprint density at radius 3 is 2.07 bits per heavy atom. The van der Waals surface area contributed by atoms with Gasteiger partial charge in [0, 0.05) is 11.6 Å². The molecular formula is C17H20F2N2O6. The average molecular weight is 386 g/mol. The first-order valence-corrected chi connectivity index (χ1v) is 8.08. The Morgan fingerprint density at radius 1 is 1.04 bits per heavy atom. The van der Waals surface area contributed by atoms with Crippen molar-refractivity contribution in [1.82, 2.24) is 5.32 Å². The van der Waals surface area contributed by atoms with Gasteiger partial charge in [-0.25, -0.2) is 8.78 Å². The van der Waals surface area contributed by atoms with Crippen molar-refractivity contribution in [3.63, 3.8) is 0 Å². The van der Waals surface area contributed by atoms with Gasteiger partial charge < -0.3 is 20.5 Å². The van der Waals surface area contributed by atoms with Crippen LogP contribution in [0.1, 0.15) is 30.6 Å². The van der Waals surface area contributed by atoms with E-state index in [9.17, 15) is 28.0 Å². The Kier molecular flexibility index (Phi) is 8.31. The Balaban J connectivity index is 3.11. The molecule has 27 heavy (non-hydrogen) atoms. The van der Waals surface area contributed by atoms with Gasteiger partial charge in [0.05, 0.1) is 25.6 Å². The molecular weight excluding hydrogens is 366 g/mol. The van der Waals surface area contributed by atoms with Gasteiger partial charge in [-0.1, -0.05) is 0 Å². The van der Waals surface area contributed by atoms with E-state index in [0.29, 0.717) is 6.07 Å². The fourth-order valence-electron chi connectivity index (χ4n) is 2.27. The Morgan fingerprint density at radius 2 is 1.59 bits per heavy atom. The topological polar surface area (TPSA) is 125 Å². The van der Waals surface area contributed by atoms with Crippen molar-refractivity contribution < 1.29 is 37.4 Å². The molecule has 1 aromatic carbocycles. The number of hydrogen-bond acceptors (Lipinski definition) is 6. The van der Waals surface area contributed by atoms with E-state index < -0.39 is 59.3 Å². The number of benzene rings is 1. The summed E-state index contributed by atoms with van der Waals surface area (Å²) in [5.41, 5.74) is 4.81. The molecule has 0 radical (unpaired) electrons. The van der Waals surface area contributed by atoms with E-state index in [1.807, 2.05) is 0 Å². The fourth-order valence-corrected chi connectivity index (χ4v) is 2.27. The Bertz CT molecular complexity index is 705. The molecule has 0 bridgehead atoms. The summed E-state index contributed by atoms with van der Waals surface area (Å²) >= 11 is 0. The summed E-state index contributed by atoms with van der Waals surface area (Å²) in [4.78, 5) is 47.9. The van der Waals surface area contributed by atoms with Crippen molar-refractivity contribution in [2.24, 2.45) is 11.7 Å². The highest BCUT2D eigenvalue weighted by Gasteiger charge is 2.37. The highest BCUT2D eigenvalue weighted by Crippen LogP contribution is 2.15. The second-order valence-corrected chi connectivity index (χ2v) is 5.38. The molecule has 2 atom stereocenters. The van der Waals surface area contributed by atoms with Crippen molar-refractivity contribution >= 4 is 23.8 Å². The third-order valence-electron chi connectivity index (χ3n) is 3.40. The van der Waals surface area contributed by atoms with Crippen molar-refractivity contribution in [2.75, 3.05) is 13.2 Å². The number of hydrogen-bond donors (Lipinski definition) is 2. The number of nitrogens with two attached hydrogens (primary N) is 1. The first-order chi connectivity index (χ1) is 12.7. The van der Waals surface area contributed by atoms with Crippen LogP contribution in [-0.4, -0.2) is 43.0 Å². The minimum atomic E-state index is -1.66. The van der Waals surface area contributed by atoms with Gasteiger partial charge in [0.15, 0.2) is 0 Å². The predicted octanol–water partition coefficient (Wildman–Crippen LogP) is 0.681. The normalized spacial score (nSPS) is 12.6. The van der Waals surface area contributed by atoms with E-state index in [4.69, 9.17) is 15.2 Å². The summed E-state index contributed by atoms with van der Waals surface area (Å²) in [6.07, 6.45) is -0.585. The largest absolute Gasteiger partial charge is 0.466 e. The van der Waals surface area contributed by atoms with Crippen LogP contribution >= 0.6 is 0 Å². The number of amides is 2. The molecule has 2 amide bonds. The zero-order valence-electron chi connectivity index (χ0n) is 14.8. The van der Waals surface area contributed by atoms with Crippen molar-refractivity contribution in [3.8, 4) is 0 Å². The predicted molar refractivity (Wildman–Crippen MR) is 88.2 cm³/mol. The van der Waals surface area contributed by atoms with E-state index in [1.165, 1.54) is 6.92 Å². The van der Waals surface area contributed by atoms with Crippen molar-refractivity contribution in [3.05, 3.63) is 35.4 Å². The second kappa shape index (κ2) is 10.2. The van der Waals surface area contributed by atoms with Crippen LogP contribution in [0.4, 0.5) is 8.78 Å². The number of nitrogens with one attached hydrogen (secondary N) is 1. The number of carbonyl (C=O) groups excluding carboxylic acids is 4. The van der Waals surface area contributed by atoms with Gasteiger partial charge in [0.1, 0.15) is 17.7 Å². The molecule has 0 aromatic heterocycles. The molecule has 0 aliphatic rings. The molecule has 0 fully saturated rings. The van der Waals surface area contributed by atoms with E-state index in [2.05, 4.69) is 5.32 Å². The molecule has 0 saturated carbocycles. The lowest BCUT2D eigenvalue weighted by molar-refractivity contribution is -0.156. The first kappa shape index (κ1) is 22.0. The number of rotatable bonds is 9. The first-order valence-electron chi connectivity index (χ1n) is 8.08. The standard InChI is InChI=1S/C17H20F2N2O6/c1-3-26-13(22)8-12(17(25)27-4-2)14(15(20)23)21-16(24)9-5-10(18)7-11(19)6-9/h5-7,12,14H,3-4,8H2,1-2H3,(H2,20,23)(H,21,24)/t12-,14-/m0/s1. The lowest BCUT2D eigenvalue weighted by atomic mass is 9.95. The quantitative estimate of drug-likeness (QED) is 0.602. The van der Waals surface area contributed by atoms with Crippen molar-refractivity contribution in [2.45, 2.75) is 26.3 Å². The van der Waals surface area contributed by atoms with E-state index in [0.717, 1.165) is 12.1 Å². The van der Waals surface area contributed by atoms with Crippen LogP contribution in [0.15, 0.2) is 18.2 Å². The van der Waals surface area contributed by atoms with Gasteiger partial charge in [-0.2, -0.15) is 0 Å². The monoisotopic (exact) mass is 386 g/mol. The lowest BCUT2D eigenvalue weighted by Crippen LogP contribution is -2.52. The molecule has 148 valence electrons. The molecule has 0 spiro atoms. The second-order valence-electron chi connectivity index (χ2n) is 5.38. The molecule has 1 aromatic rings. The SMILES string of the molecule is CCOC(=O)C[C@H](C(=O)OCC)[C@H](NC(=O)c1cc(F)cc(F)c1)C(N)=O. The Labute approximate surface area is 154 Å². The number of primary amides is 1. The highest BCUT2D eigenvalue weighted by molar-refractivity contribution is 5.99. The van der Waals surface area contributed by atoms with Crippen LogP contribution in [0.3, 0.4) is 0 Å². The van der Waals surface area contributed by atoms with E-state index in [1.54, 1.807) is 6.92 Å². The van der Waals surface area contributed by atoms with E-state index in [-0.39, 0.29) is 13.2 Å². The molecule has 1 rings (SSSR count). The number of carbonyl (C=O) groups is 4. The summed E-state index contributed by atoms with van der Waals surface area (Å²) in [6.45, 7) is 3.03. The zero-order valence-corrected chi connectivity index (χ0v) is 14.8. The maximum atomic E-state index is 13.3. The van der Waals surface area contributed by atoms with Gasteiger partial charge >= 0.3 is 11.9 Å². The molecule has 8 nitrogen and oxygen atoms in total. The van der Waals surface area contributed by atoms with Crippen LogP contribution in [0, 0.1) is 17.6 Å². The average Bonchev–Trinajstić information content (AvgIpc) is 2.57. The molecule has 3 N–H and O–H groups in total. The maximum Gasteiger partial charge on any atom is 0.312 e. The molecule has 0 saturated heterocycles. The molecule has 0 aliphatic carbocycles. The van der Waals surface area contributed by atoms with Gasteiger partial charge in [-0.3, -0.25) is 19.2 Å². The third kappa shape index (κ3) is 6.65. The number of ether oxygens (including phenoxy) is 2. The third-order valence-corrected chi connectivity index (χ3v) is 3.40. The van der Waals surface area contributed by atoms with Crippen LogP contribution in [-0.2, 0) is 23.9 Å². The van der Waals surface area contributed by atoms with Crippen LogP contribution in [0.25, 0.3) is 0 Å². The number of halogens is 2. The highest BCUT2D eigenvalue weighted by atomic mass is 19.1. The zero-order chi connectivity index (χ0) is 20.6. The molecule has 0 aliphatic heterocycles. The van der Waals surface area contributed by atoms with Gasteiger partial charge in [0.2, 0.25) is 5.91 Å². The van der Waals surface area contributed by atoms with E-state index >= 15 is 0 Å². The Hall–Kier alpha value is -3.04. The summed E-state index contributed by atoms with van der Waals surface area (Å²) in [5, 5.41) is 2.12. The molecule has 0 heterocycles. The van der Waals surface area contributed by atoms with Gasteiger partial charge in [-0.05, 0) is 26.0 Å². The van der Waals surface area contributed by atoms with Crippen LogP contribution in [0.5, 0.6) is 0 Å². The van der Waals surface area contributed by atoms with Crippen LogP contribution < -0.4 is 11.1 Å². The smallest absolute Gasteiger partial charge is 0.312 e. The lowest BCUT2D eigenvalue weighted by Gasteiger charge is -2.23. The van der Waals surface area contributed by atoms with Crippen LogP contribution in [0.2, 0.25) is 0 Å². The fraction of sp³-hybridized carbons (Fsp3) is 0.412. The molecule has 10 heteroatoms. The minimum Gasteiger partial charge on any atom is -0.466 e. The molecule has 0 unspecified atom stereocenters.